The Morgan fingerprint density at radius 1 is 1.59 bits per heavy atom. The van der Waals surface area contributed by atoms with Gasteiger partial charge in [-0.05, 0) is 12.5 Å². The predicted octanol–water partition coefficient (Wildman–Crippen LogP) is -0.574. The van der Waals surface area contributed by atoms with Crippen molar-refractivity contribution in [2.24, 2.45) is 7.05 Å². The summed E-state index contributed by atoms with van der Waals surface area (Å²) < 4.78 is 1.56. The molecule has 0 spiro atoms. The van der Waals surface area contributed by atoms with Gasteiger partial charge in [0.15, 0.2) is 5.82 Å². The van der Waals surface area contributed by atoms with Gasteiger partial charge in [-0.3, -0.25) is 9.48 Å². The number of nitrogens with zero attached hydrogens (tertiary/aromatic N) is 5. The summed E-state index contributed by atoms with van der Waals surface area (Å²) in [5.41, 5.74) is 1.41. The Morgan fingerprint density at radius 3 is 3.00 bits per heavy atom. The van der Waals surface area contributed by atoms with E-state index in [0.29, 0.717) is 11.5 Å². The van der Waals surface area contributed by atoms with E-state index in [-0.39, 0.29) is 12.5 Å². The number of H-pyrrole nitrogens is 1. The number of hydrogen-bond donors (Lipinski definition) is 2. The molecule has 2 aromatic heterocycles. The molecule has 8 heteroatoms. The lowest BCUT2D eigenvalue weighted by Gasteiger charge is -2.01. The first-order chi connectivity index (χ1) is 8.20. The maximum absolute atomic E-state index is 11.8. The van der Waals surface area contributed by atoms with E-state index in [1.165, 1.54) is 0 Å². The van der Waals surface area contributed by atoms with E-state index in [1.807, 2.05) is 6.92 Å². The standard InChI is InChI=1S/C9H13N7O/c1-3-6-4-7(16(2)13-6)9(17)10-5-8-11-14-15-12-8/h4H,3,5H2,1-2H3,(H,10,17)(H,11,12,14,15). The van der Waals surface area contributed by atoms with Gasteiger partial charge in [0.1, 0.15) is 5.69 Å². The molecule has 2 rings (SSSR count). The lowest BCUT2D eigenvalue weighted by atomic mass is 10.3. The average Bonchev–Trinajstić information content (AvgIpc) is 2.94. The monoisotopic (exact) mass is 235 g/mol. The third kappa shape index (κ3) is 2.47. The zero-order valence-electron chi connectivity index (χ0n) is 9.64. The van der Waals surface area contributed by atoms with Crippen LogP contribution in [0.1, 0.15) is 28.9 Å². The van der Waals surface area contributed by atoms with Gasteiger partial charge >= 0.3 is 0 Å². The van der Waals surface area contributed by atoms with Crippen LogP contribution in [0.3, 0.4) is 0 Å². The van der Waals surface area contributed by atoms with Crippen LogP contribution in [-0.4, -0.2) is 36.3 Å². The van der Waals surface area contributed by atoms with Crippen molar-refractivity contribution in [1.29, 1.82) is 0 Å². The lowest BCUT2D eigenvalue weighted by molar-refractivity contribution is 0.0940. The zero-order valence-corrected chi connectivity index (χ0v) is 9.64. The van der Waals surface area contributed by atoms with Crippen LogP contribution in [0.5, 0.6) is 0 Å². The average molecular weight is 235 g/mol. The van der Waals surface area contributed by atoms with E-state index < -0.39 is 0 Å². The second-order valence-electron chi connectivity index (χ2n) is 3.51. The first kappa shape index (κ1) is 11.2. The fourth-order valence-corrected chi connectivity index (χ4v) is 1.42. The van der Waals surface area contributed by atoms with Crippen LogP contribution in [0.15, 0.2) is 6.07 Å². The van der Waals surface area contributed by atoms with Gasteiger partial charge in [0.25, 0.3) is 5.91 Å². The van der Waals surface area contributed by atoms with Crippen LogP contribution in [0.4, 0.5) is 0 Å². The van der Waals surface area contributed by atoms with Crippen molar-refractivity contribution in [1.82, 2.24) is 35.7 Å². The summed E-state index contributed by atoms with van der Waals surface area (Å²) in [7, 11) is 1.74. The highest BCUT2D eigenvalue weighted by Crippen LogP contribution is 2.03. The minimum Gasteiger partial charge on any atom is -0.343 e. The van der Waals surface area contributed by atoms with Crippen molar-refractivity contribution in [3.05, 3.63) is 23.3 Å². The molecule has 90 valence electrons. The third-order valence-electron chi connectivity index (χ3n) is 2.32. The molecule has 0 atom stereocenters. The summed E-state index contributed by atoms with van der Waals surface area (Å²) >= 11 is 0. The molecule has 1 amide bonds. The highest BCUT2D eigenvalue weighted by Gasteiger charge is 2.12. The second kappa shape index (κ2) is 4.73. The lowest BCUT2D eigenvalue weighted by Crippen LogP contribution is -2.25. The molecule has 0 aliphatic carbocycles. The minimum absolute atomic E-state index is 0.204. The molecular formula is C9H13N7O. The smallest absolute Gasteiger partial charge is 0.269 e. The number of nitrogens with one attached hydrogen (secondary N) is 2. The van der Waals surface area contributed by atoms with Gasteiger partial charge in [-0.15, -0.1) is 10.2 Å². The van der Waals surface area contributed by atoms with Gasteiger partial charge in [-0.25, -0.2) is 0 Å². The van der Waals surface area contributed by atoms with E-state index in [2.05, 4.69) is 31.0 Å². The third-order valence-corrected chi connectivity index (χ3v) is 2.32. The molecule has 8 nitrogen and oxygen atoms in total. The van der Waals surface area contributed by atoms with Crippen molar-refractivity contribution in [2.75, 3.05) is 0 Å². The largest absolute Gasteiger partial charge is 0.343 e. The maximum atomic E-state index is 11.8. The van der Waals surface area contributed by atoms with Crippen LogP contribution in [-0.2, 0) is 20.0 Å². The number of carbonyl (C=O) groups is 1. The Labute approximate surface area is 97.4 Å². The number of hydrogen-bond acceptors (Lipinski definition) is 5. The fourth-order valence-electron chi connectivity index (χ4n) is 1.42. The molecule has 2 aromatic rings. The molecule has 0 fully saturated rings. The Morgan fingerprint density at radius 2 is 2.41 bits per heavy atom. The quantitative estimate of drug-likeness (QED) is 0.738. The fraction of sp³-hybridized carbons (Fsp3) is 0.444. The van der Waals surface area contributed by atoms with Gasteiger partial charge in [0.05, 0.1) is 12.2 Å². The molecule has 17 heavy (non-hydrogen) atoms. The van der Waals surface area contributed by atoms with Crippen molar-refractivity contribution >= 4 is 5.91 Å². The van der Waals surface area contributed by atoms with Gasteiger partial charge < -0.3 is 5.32 Å². The van der Waals surface area contributed by atoms with E-state index in [1.54, 1.807) is 17.8 Å². The molecule has 0 saturated carbocycles. The number of amides is 1. The molecule has 2 N–H and O–H groups in total. The Balaban J connectivity index is 2.01. The number of aromatic nitrogens is 6. The molecule has 0 bridgehead atoms. The molecular weight excluding hydrogens is 222 g/mol. The highest BCUT2D eigenvalue weighted by atomic mass is 16.2. The number of rotatable bonds is 4. The summed E-state index contributed by atoms with van der Waals surface area (Å²) in [5.74, 6) is 0.237. The molecule has 0 saturated heterocycles. The summed E-state index contributed by atoms with van der Waals surface area (Å²) in [5, 5.41) is 20.1. The highest BCUT2D eigenvalue weighted by molar-refractivity contribution is 5.92. The van der Waals surface area contributed by atoms with Crippen LogP contribution in [0.25, 0.3) is 0 Å². The Hall–Kier alpha value is -2.25. The number of carbonyl (C=O) groups excluding carboxylic acids is 1. The maximum Gasteiger partial charge on any atom is 0.269 e. The molecule has 2 heterocycles. The van der Waals surface area contributed by atoms with Crippen molar-refractivity contribution < 1.29 is 4.79 Å². The Bertz CT molecular complexity index is 501. The Kier molecular flexibility index (Phi) is 3.12. The summed E-state index contributed by atoms with van der Waals surface area (Å²) in [6, 6.07) is 1.77. The van der Waals surface area contributed by atoms with Gasteiger partial charge in [0, 0.05) is 7.05 Å². The van der Waals surface area contributed by atoms with Crippen LogP contribution in [0.2, 0.25) is 0 Å². The van der Waals surface area contributed by atoms with Gasteiger partial charge in [0.2, 0.25) is 0 Å². The molecule has 0 aromatic carbocycles. The summed E-state index contributed by atoms with van der Waals surface area (Å²) in [6.07, 6.45) is 0.798. The molecule has 0 unspecified atom stereocenters. The SMILES string of the molecule is CCc1cc(C(=O)NCc2nn[nH]n2)n(C)n1. The number of tetrazole rings is 1. The first-order valence-electron chi connectivity index (χ1n) is 5.24. The second-order valence-corrected chi connectivity index (χ2v) is 3.51. The van der Waals surface area contributed by atoms with Gasteiger partial charge in [-0.1, -0.05) is 12.1 Å². The molecule has 0 radical (unpaired) electrons. The predicted molar refractivity (Wildman–Crippen MR) is 57.9 cm³/mol. The summed E-state index contributed by atoms with van der Waals surface area (Å²) in [4.78, 5) is 11.8. The summed E-state index contributed by atoms with van der Waals surface area (Å²) in [6.45, 7) is 2.23. The van der Waals surface area contributed by atoms with Crippen LogP contribution < -0.4 is 5.32 Å². The normalized spacial score (nSPS) is 10.5. The minimum atomic E-state index is -0.204. The van der Waals surface area contributed by atoms with E-state index in [0.717, 1.165) is 12.1 Å². The van der Waals surface area contributed by atoms with Crippen LogP contribution in [0, 0.1) is 0 Å². The number of aromatic amines is 1. The van der Waals surface area contributed by atoms with Crippen molar-refractivity contribution in [2.45, 2.75) is 19.9 Å². The van der Waals surface area contributed by atoms with E-state index >= 15 is 0 Å². The molecule has 0 aliphatic rings. The molecule has 0 aliphatic heterocycles. The van der Waals surface area contributed by atoms with Crippen molar-refractivity contribution in [3.8, 4) is 0 Å². The van der Waals surface area contributed by atoms with E-state index in [9.17, 15) is 4.79 Å². The first-order valence-corrected chi connectivity index (χ1v) is 5.24. The topological polar surface area (TPSA) is 101 Å². The van der Waals surface area contributed by atoms with Gasteiger partial charge in [-0.2, -0.15) is 10.3 Å². The van der Waals surface area contributed by atoms with E-state index in [4.69, 9.17) is 0 Å². The van der Waals surface area contributed by atoms with Crippen LogP contribution >= 0.6 is 0 Å². The van der Waals surface area contributed by atoms with Crippen molar-refractivity contribution in [3.63, 3.8) is 0 Å². The zero-order chi connectivity index (χ0) is 12.3. The number of aryl methyl sites for hydroxylation is 2.